The van der Waals surface area contributed by atoms with E-state index < -0.39 is 0 Å². The topological polar surface area (TPSA) is 63.5 Å². The van der Waals surface area contributed by atoms with E-state index >= 15 is 0 Å². The van der Waals surface area contributed by atoms with Crippen molar-refractivity contribution in [2.45, 2.75) is 6.61 Å². The minimum absolute atomic E-state index is 0.0356. The van der Waals surface area contributed by atoms with E-state index in [0.29, 0.717) is 10.9 Å². The zero-order valence-electron chi connectivity index (χ0n) is 13.0. The first-order valence-electron chi connectivity index (χ1n) is 7.32. The maximum Gasteiger partial charge on any atom is 0.297 e. The highest BCUT2D eigenvalue weighted by Crippen LogP contribution is 2.36. The molecule has 0 aliphatic heterocycles. The quantitative estimate of drug-likeness (QED) is 0.778. The molecule has 0 fully saturated rings. The number of nitrogens with one attached hydrogen (secondary N) is 1. The highest BCUT2D eigenvalue weighted by atomic mass is 16.5. The number of nitrogens with zero attached hydrogens (tertiary/aromatic N) is 1. The molecule has 0 unspecified atom stereocenters. The molecule has 5 heteroatoms. The molecule has 0 atom stereocenters. The van der Waals surface area contributed by atoms with Gasteiger partial charge in [0.2, 0.25) is 5.75 Å². The Morgan fingerprint density at radius 1 is 1.13 bits per heavy atom. The Hall–Kier alpha value is -2.95. The summed E-state index contributed by atoms with van der Waals surface area (Å²) in [4.78, 5) is 12.5. The van der Waals surface area contributed by atoms with Crippen molar-refractivity contribution in [1.29, 1.82) is 0 Å². The second-order valence-electron chi connectivity index (χ2n) is 5.27. The first kappa shape index (κ1) is 15.0. The van der Waals surface area contributed by atoms with E-state index in [1.807, 2.05) is 42.5 Å². The molecule has 5 nitrogen and oxygen atoms in total. The first-order chi connectivity index (χ1) is 11.1. The highest BCUT2D eigenvalue weighted by molar-refractivity contribution is 5.98. The summed E-state index contributed by atoms with van der Waals surface area (Å²) in [5.74, 6) is -0.171. The van der Waals surface area contributed by atoms with E-state index in [4.69, 9.17) is 4.74 Å². The summed E-state index contributed by atoms with van der Waals surface area (Å²) in [5, 5.41) is 14.2. The second kappa shape index (κ2) is 6.04. The fourth-order valence-electron chi connectivity index (χ4n) is 2.61. The van der Waals surface area contributed by atoms with Crippen molar-refractivity contribution >= 4 is 16.6 Å². The van der Waals surface area contributed by atoms with Gasteiger partial charge in [-0.05, 0) is 17.7 Å². The fourth-order valence-corrected chi connectivity index (χ4v) is 2.61. The third-order valence-corrected chi connectivity index (χ3v) is 3.85. The van der Waals surface area contributed by atoms with Gasteiger partial charge in [-0.2, -0.15) is 0 Å². The molecule has 2 N–H and O–H groups in total. The summed E-state index contributed by atoms with van der Waals surface area (Å²) < 4.78 is 7.11. The van der Waals surface area contributed by atoms with Gasteiger partial charge in [-0.25, -0.2) is 0 Å². The molecule has 0 bridgehead atoms. The standard InChI is InChI=1S/C18H18N2O3/c1-19-13-9-6-10-14-15(13)16(21)17(18(22)20(14)2)23-11-12-7-4-3-5-8-12/h3-10,19,21H,11H2,1-2H3. The van der Waals surface area contributed by atoms with Crippen LogP contribution in [0.5, 0.6) is 11.5 Å². The minimum Gasteiger partial charge on any atom is -0.504 e. The number of hydrogen-bond donors (Lipinski definition) is 2. The van der Waals surface area contributed by atoms with Crippen molar-refractivity contribution in [2.75, 3.05) is 12.4 Å². The minimum atomic E-state index is -0.362. The zero-order chi connectivity index (χ0) is 16.4. The van der Waals surface area contributed by atoms with Crippen LogP contribution in [-0.2, 0) is 13.7 Å². The van der Waals surface area contributed by atoms with Crippen molar-refractivity contribution in [3.63, 3.8) is 0 Å². The number of benzene rings is 2. The molecule has 0 saturated carbocycles. The van der Waals surface area contributed by atoms with Gasteiger partial charge < -0.3 is 19.7 Å². The Morgan fingerprint density at radius 2 is 1.87 bits per heavy atom. The summed E-state index contributed by atoms with van der Waals surface area (Å²) >= 11 is 0. The van der Waals surface area contributed by atoms with Crippen LogP contribution in [0.15, 0.2) is 53.3 Å². The molecular weight excluding hydrogens is 292 g/mol. The van der Waals surface area contributed by atoms with Gasteiger partial charge in [0.1, 0.15) is 6.61 Å². The molecule has 0 aliphatic rings. The fraction of sp³-hybridized carbons (Fsp3) is 0.167. The van der Waals surface area contributed by atoms with E-state index in [1.54, 1.807) is 20.2 Å². The molecule has 0 aliphatic carbocycles. The van der Waals surface area contributed by atoms with Crippen LogP contribution in [0.2, 0.25) is 0 Å². The molecule has 1 heterocycles. The third kappa shape index (κ3) is 2.61. The van der Waals surface area contributed by atoms with Gasteiger partial charge in [0, 0.05) is 19.8 Å². The number of fused-ring (bicyclic) bond motifs is 1. The summed E-state index contributed by atoms with van der Waals surface area (Å²) in [6.45, 7) is 0.219. The number of anilines is 1. The average molecular weight is 310 g/mol. The van der Waals surface area contributed by atoms with Crippen LogP contribution in [0.4, 0.5) is 5.69 Å². The van der Waals surface area contributed by atoms with Crippen LogP contribution < -0.4 is 15.6 Å². The van der Waals surface area contributed by atoms with Gasteiger partial charge >= 0.3 is 0 Å². The van der Waals surface area contributed by atoms with Crippen LogP contribution in [0, 0.1) is 0 Å². The summed E-state index contributed by atoms with van der Waals surface area (Å²) in [7, 11) is 3.43. The summed E-state index contributed by atoms with van der Waals surface area (Å²) in [6.07, 6.45) is 0. The lowest BCUT2D eigenvalue weighted by molar-refractivity contribution is 0.284. The molecular formula is C18H18N2O3. The number of ether oxygens (including phenoxy) is 1. The van der Waals surface area contributed by atoms with E-state index in [2.05, 4.69) is 5.32 Å². The molecule has 0 saturated heterocycles. The van der Waals surface area contributed by atoms with Gasteiger partial charge in [-0.3, -0.25) is 4.79 Å². The Balaban J connectivity index is 2.12. The average Bonchev–Trinajstić information content (AvgIpc) is 2.60. The summed E-state index contributed by atoms with van der Waals surface area (Å²) in [6, 6.07) is 15.0. The third-order valence-electron chi connectivity index (χ3n) is 3.85. The number of aromatic nitrogens is 1. The first-order valence-corrected chi connectivity index (χ1v) is 7.32. The van der Waals surface area contributed by atoms with Crippen molar-refractivity contribution in [2.24, 2.45) is 7.05 Å². The number of aromatic hydroxyl groups is 1. The van der Waals surface area contributed by atoms with E-state index in [0.717, 1.165) is 11.3 Å². The smallest absolute Gasteiger partial charge is 0.297 e. The Morgan fingerprint density at radius 3 is 2.57 bits per heavy atom. The SMILES string of the molecule is CNc1cccc2c1c(O)c(OCc1ccccc1)c(=O)n2C. The van der Waals surface area contributed by atoms with E-state index in [-0.39, 0.29) is 23.7 Å². The predicted molar refractivity (Wildman–Crippen MR) is 91.2 cm³/mol. The van der Waals surface area contributed by atoms with Gasteiger partial charge in [0.15, 0.2) is 5.75 Å². The Bertz CT molecular complexity index is 902. The zero-order valence-corrected chi connectivity index (χ0v) is 13.0. The number of aryl methyl sites for hydroxylation is 1. The lowest BCUT2D eigenvalue weighted by Crippen LogP contribution is -2.20. The van der Waals surface area contributed by atoms with Gasteiger partial charge in [0.25, 0.3) is 5.56 Å². The lowest BCUT2D eigenvalue weighted by atomic mass is 10.1. The highest BCUT2D eigenvalue weighted by Gasteiger charge is 2.18. The molecule has 3 rings (SSSR count). The largest absolute Gasteiger partial charge is 0.504 e. The van der Waals surface area contributed by atoms with Crippen LogP contribution >= 0.6 is 0 Å². The van der Waals surface area contributed by atoms with Gasteiger partial charge in [-0.15, -0.1) is 0 Å². The molecule has 0 amide bonds. The predicted octanol–water partition coefficient (Wildman–Crippen LogP) is 2.86. The Labute approximate surface area is 133 Å². The molecule has 0 spiro atoms. The van der Waals surface area contributed by atoms with Gasteiger partial charge in [0.05, 0.1) is 10.9 Å². The normalized spacial score (nSPS) is 10.7. The number of rotatable bonds is 4. The number of pyridine rings is 1. The number of hydrogen-bond acceptors (Lipinski definition) is 4. The van der Waals surface area contributed by atoms with Crippen LogP contribution in [0.3, 0.4) is 0 Å². The van der Waals surface area contributed by atoms with Crippen LogP contribution in [-0.4, -0.2) is 16.7 Å². The van der Waals surface area contributed by atoms with Crippen LogP contribution in [0.1, 0.15) is 5.56 Å². The lowest BCUT2D eigenvalue weighted by Gasteiger charge is -2.15. The Kier molecular flexibility index (Phi) is 3.93. The van der Waals surface area contributed by atoms with Gasteiger partial charge in [-0.1, -0.05) is 36.4 Å². The summed E-state index contributed by atoms with van der Waals surface area (Å²) in [5.41, 5.74) is 1.95. The molecule has 1 aromatic heterocycles. The van der Waals surface area contributed by atoms with Crippen molar-refractivity contribution in [1.82, 2.24) is 4.57 Å². The molecule has 0 radical (unpaired) electrons. The molecule has 118 valence electrons. The maximum absolute atomic E-state index is 12.5. The van der Waals surface area contributed by atoms with Crippen LogP contribution in [0.25, 0.3) is 10.9 Å². The molecule has 23 heavy (non-hydrogen) atoms. The molecule has 3 aromatic rings. The maximum atomic E-state index is 12.5. The van der Waals surface area contributed by atoms with Crippen molar-refractivity contribution in [3.8, 4) is 11.5 Å². The van der Waals surface area contributed by atoms with E-state index in [9.17, 15) is 9.90 Å². The van der Waals surface area contributed by atoms with Crippen molar-refractivity contribution < 1.29 is 9.84 Å². The van der Waals surface area contributed by atoms with Crippen molar-refractivity contribution in [3.05, 3.63) is 64.4 Å². The molecule has 2 aromatic carbocycles. The second-order valence-corrected chi connectivity index (χ2v) is 5.27. The monoisotopic (exact) mass is 310 g/mol. The van der Waals surface area contributed by atoms with E-state index in [1.165, 1.54) is 4.57 Å².